The van der Waals surface area contributed by atoms with Crippen molar-refractivity contribution in [3.8, 4) is 0 Å². The lowest BCUT2D eigenvalue weighted by molar-refractivity contribution is -0.137. The molecule has 0 heterocycles. The van der Waals surface area contributed by atoms with Crippen LogP contribution in [0.2, 0.25) is 0 Å². The minimum atomic E-state index is -0.672. The number of carboxylic acids is 1. The van der Waals surface area contributed by atoms with E-state index in [4.69, 9.17) is 5.11 Å². The zero-order valence-corrected chi connectivity index (χ0v) is 13.9. The Kier molecular flexibility index (Phi) is 14.6. The van der Waals surface area contributed by atoms with Crippen LogP contribution < -0.4 is 0 Å². The molecule has 0 bridgehead atoms. The van der Waals surface area contributed by atoms with E-state index < -0.39 is 5.97 Å². The molecule has 0 unspecified atom stereocenters. The molecule has 1 N–H and O–H groups in total. The maximum absolute atomic E-state index is 10.4. The SMILES string of the molecule is C=C(C/C=C/CCCCC)CCCCCCCCC(=O)O. The number of hydrogen-bond acceptors (Lipinski definition) is 1. The molecule has 0 aromatic heterocycles. The standard InChI is InChI=1S/C19H34O2/c1-3-4-5-6-9-12-15-18(2)16-13-10-7-8-11-14-17-19(20)21/h9,12H,2-8,10-11,13-17H2,1H3,(H,20,21)/b12-9+. The van der Waals surface area contributed by atoms with E-state index in [-0.39, 0.29) is 0 Å². The number of rotatable bonds is 15. The molecule has 2 nitrogen and oxygen atoms in total. The number of allylic oxidation sites excluding steroid dienone is 3. The summed E-state index contributed by atoms with van der Waals surface area (Å²) in [5.41, 5.74) is 1.34. The summed E-state index contributed by atoms with van der Waals surface area (Å²) in [6.45, 7) is 6.37. The molecule has 2 heteroatoms. The van der Waals surface area contributed by atoms with Gasteiger partial charge in [-0.3, -0.25) is 4.79 Å². The highest BCUT2D eigenvalue weighted by atomic mass is 16.4. The van der Waals surface area contributed by atoms with Gasteiger partial charge in [0, 0.05) is 6.42 Å². The smallest absolute Gasteiger partial charge is 0.303 e. The molecule has 122 valence electrons. The summed E-state index contributed by atoms with van der Waals surface area (Å²) in [6, 6.07) is 0. The Morgan fingerprint density at radius 1 is 0.905 bits per heavy atom. The van der Waals surface area contributed by atoms with Gasteiger partial charge in [0.2, 0.25) is 0 Å². The van der Waals surface area contributed by atoms with Crippen molar-refractivity contribution in [3.63, 3.8) is 0 Å². The molecule has 0 saturated heterocycles. The van der Waals surface area contributed by atoms with E-state index >= 15 is 0 Å². The van der Waals surface area contributed by atoms with Gasteiger partial charge in [0.05, 0.1) is 0 Å². The Bertz CT molecular complexity index is 292. The zero-order chi connectivity index (χ0) is 15.8. The van der Waals surface area contributed by atoms with Crippen molar-refractivity contribution in [2.45, 2.75) is 90.4 Å². The van der Waals surface area contributed by atoms with Crippen LogP contribution in [-0.4, -0.2) is 11.1 Å². The highest BCUT2D eigenvalue weighted by Gasteiger charge is 1.97. The fourth-order valence-electron chi connectivity index (χ4n) is 2.34. The van der Waals surface area contributed by atoms with Crippen molar-refractivity contribution < 1.29 is 9.90 Å². The highest BCUT2D eigenvalue weighted by molar-refractivity contribution is 5.66. The molecule has 0 amide bonds. The van der Waals surface area contributed by atoms with E-state index in [9.17, 15) is 4.79 Å². The van der Waals surface area contributed by atoms with Crippen LogP contribution in [-0.2, 0) is 4.79 Å². The van der Waals surface area contributed by atoms with Crippen LogP contribution in [0.5, 0.6) is 0 Å². The van der Waals surface area contributed by atoms with Crippen molar-refractivity contribution in [2.24, 2.45) is 0 Å². The van der Waals surface area contributed by atoms with Gasteiger partial charge in [-0.1, -0.05) is 69.8 Å². The molecule has 0 atom stereocenters. The summed E-state index contributed by atoms with van der Waals surface area (Å²) in [5, 5.41) is 8.53. The summed E-state index contributed by atoms with van der Waals surface area (Å²) >= 11 is 0. The normalized spacial score (nSPS) is 11.1. The second-order valence-electron chi connectivity index (χ2n) is 5.94. The monoisotopic (exact) mass is 294 g/mol. The van der Waals surface area contributed by atoms with Crippen LogP contribution in [0.1, 0.15) is 90.4 Å². The van der Waals surface area contributed by atoms with Gasteiger partial charge in [-0.15, -0.1) is 0 Å². The first-order valence-electron chi connectivity index (χ1n) is 8.70. The first-order chi connectivity index (χ1) is 10.2. The van der Waals surface area contributed by atoms with Crippen molar-refractivity contribution in [1.82, 2.24) is 0 Å². The third-order valence-corrected chi connectivity index (χ3v) is 3.72. The maximum Gasteiger partial charge on any atom is 0.303 e. The molecular weight excluding hydrogens is 260 g/mol. The summed E-state index contributed by atoms with van der Waals surface area (Å²) in [6.07, 6.45) is 18.9. The number of carbonyl (C=O) groups is 1. The predicted molar refractivity (Wildman–Crippen MR) is 91.6 cm³/mol. The predicted octanol–water partition coefficient (Wildman–Crippen LogP) is 6.27. The van der Waals surface area contributed by atoms with Gasteiger partial charge < -0.3 is 5.11 Å². The molecule has 0 aliphatic rings. The summed E-state index contributed by atoms with van der Waals surface area (Å²) < 4.78 is 0. The quantitative estimate of drug-likeness (QED) is 0.285. The molecule has 0 aromatic rings. The largest absolute Gasteiger partial charge is 0.481 e. The lowest BCUT2D eigenvalue weighted by Crippen LogP contribution is -1.93. The van der Waals surface area contributed by atoms with Gasteiger partial charge in [0.1, 0.15) is 0 Å². The number of aliphatic carboxylic acids is 1. The third kappa shape index (κ3) is 16.9. The van der Waals surface area contributed by atoms with Crippen molar-refractivity contribution >= 4 is 5.97 Å². The number of hydrogen-bond donors (Lipinski definition) is 1. The first kappa shape index (κ1) is 19.9. The average molecular weight is 294 g/mol. The van der Waals surface area contributed by atoms with Crippen LogP contribution in [0, 0.1) is 0 Å². The van der Waals surface area contributed by atoms with Gasteiger partial charge in [-0.05, 0) is 38.5 Å². The van der Waals surface area contributed by atoms with Gasteiger partial charge >= 0.3 is 5.97 Å². The topological polar surface area (TPSA) is 37.3 Å². The number of carboxylic acid groups (broad SMARTS) is 1. The number of unbranched alkanes of at least 4 members (excludes halogenated alkanes) is 8. The Morgan fingerprint density at radius 2 is 1.52 bits per heavy atom. The molecule has 0 aromatic carbocycles. The van der Waals surface area contributed by atoms with Crippen molar-refractivity contribution in [1.29, 1.82) is 0 Å². The third-order valence-electron chi connectivity index (χ3n) is 3.72. The second kappa shape index (κ2) is 15.3. The fourth-order valence-corrected chi connectivity index (χ4v) is 2.34. The molecule has 0 aliphatic heterocycles. The molecule has 0 aliphatic carbocycles. The Hall–Kier alpha value is -1.05. The van der Waals surface area contributed by atoms with E-state index in [1.807, 2.05) is 0 Å². The molecule has 0 radical (unpaired) electrons. The van der Waals surface area contributed by atoms with Crippen LogP contribution in [0.15, 0.2) is 24.3 Å². The Balaban J connectivity index is 3.28. The van der Waals surface area contributed by atoms with Gasteiger partial charge in [-0.2, -0.15) is 0 Å². The minimum absolute atomic E-state index is 0.321. The fraction of sp³-hybridized carbons (Fsp3) is 0.737. The highest BCUT2D eigenvalue weighted by Crippen LogP contribution is 2.14. The van der Waals surface area contributed by atoms with Crippen molar-refractivity contribution in [3.05, 3.63) is 24.3 Å². The summed E-state index contributed by atoms with van der Waals surface area (Å²) in [7, 11) is 0. The molecule has 21 heavy (non-hydrogen) atoms. The first-order valence-corrected chi connectivity index (χ1v) is 8.70. The minimum Gasteiger partial charge on any atom is -0.481 e. The van der Waals surface area contributed by atoms with E-state index in [1.165, 1.54) is 50.5 Å². The van der Waals surface area contributed by atoms with Gasteiger partial charge in [-0.25, -0.2) is 0 Å². The maximum atomic E-state index is 10.4. The summed E-state index contributed by atoms with van der Waals surface area (Å²) in [5.74, 6) is -0.672. The Morgan fingerprint density at radius 3 is 2.14 bits per heavy atom. The van der Waals surface area contributed by atoms with Gasteiger partial charge in [0.15, 0.2) is 0 Å². The molecule has 0 fully saturated rings. The second-order valence-corrected chi connectivity index (χ2v) is 5.94. The van der Waals surface area contributed by atoms with E-state index in [2.05, 4.69) is 25.7 Å². The van der Waals surface area contributed by atoms with Gasteiger partial charge in [0.25, 0.3) is 0 Å². The van der Waals surface area contributed by atoms with Crippen LogP contribution >= 0.6 is 0 Å². The zero-order valence-electron chi connectivity index (χ0n) is 13.9. The Labute approximate surface area is 131 Å². The average Bonchev–Trinajstić information content (AvgIpc) is 2.45. The van der Waals surface area contributed by atoms with Crippen molar-refractivity contribution in [2.75, 3.05) is 0 Å². The van der Waals surface area contributed by atoms with E-state index in [0.717, 1.165) is 32.1 Å². The van der Waals surface area contributed by atoms with E-state index in [0.29, 0.717) is 6.42 Å². The molecular formula is C19H34O2. The molecule has 0 rings (SSSR count). The molecule has 0 saturated carbocycles. The van der Waals surface area contributed by atoms with Crippen LogP contribution in [0.25, 0.3) is 0 Å². The summed E-state index contributed by atoms with van der Waals surface area (Å²) in [4.78, 5) is 10.4. The lowest BCUT2D eigenvalue weighted by atomic mass is 10.0. The van der Waals surface area contributed by atoms with E-state index in [1.54, 1.807) is 0 Å². The molecule has 0 spiro atoms. The lowest BCUT2D eigenvalue weighted by Gasteiger charge is -2.03. The van der Waals surface area contributed by atoms with Crippen LogP contribution in [0.3, 0.4) is 0 Å². The van der Waals surface area contributed by atoms with Crippen LogP contribution in [0.4, 0.5) is 0 Å².